The molecule has 0 saturated carbocycles. The molecule has 2 aromatic rings. The number of halogens is 1. The van der Waals surface area contributed by atoms with Gasteiger partial charge in [-0.05, 0) is 5.56 Å². The highest BCUT2D eigenvalue weighted by molar-refractivity contribution is 5.87. The van der Waals surface area contributed by atoms with Crippen molar-refractivity contribution in [3.63, 3.8) is 0 Å². The summed E-state index contributed by atoms with van der Waals surface area (Å²) in [7, 11) is 0. The highest BCUT2D eigenvalue weighted by atomic mass is 19.1. The Balaban J connectivity index is 2.26. The lowest BCUT2D eigenvalue weighted by atomic mass is 10.2. The molecule has 1 N–H and O–H groups in total. The van der Waals surface area contributed by atoms with Crippen LogP contribution in [0.2, 0.25) is 0 Å². The third-order valence-corrected chi connectivity index (χ3v) is 2.18. The van der Waals surface area contributed by atoms with Gasteiger partial charge in [0.1, 0.15) is 5.56 Å². The second-order valence-corrected chi connectivity index (χ2v) is 3.30. The Kier molecular flexibility index (Phi) is 2.68. The number of hydrogen-bond donors (Lipinski definition) is 1. The molecule has 16 heavy (non-hydrogen) atoms. The number of benzene rings is 1. The van der Waals surface area contributed by atoms with Gasteiger partial charge in [-0.25, -0.2) is 9.48 Å². The molecule has 0 bridgehead atoms. The monoisotopic (exact) mass is 220 g/mol. The van der Waals surface area contributed by atoms with Gasteiger partial charge in [0.2, 0.25) is 5.95 Å². The normalized spacial score (nSPS) is 10.3. The Hall–Kier alpha value is -2.17. The smallest absolute Gasteiger partial charge is 0.342 e. The quantitative estimate of drug-likeness (QED) is 0.857. The molecule has 1 heterocycles. The standard InChI is InChI=1S/C11H9FN2O2/c12-10-9(11(15)16)6-13-14(10)7-8-4-2-1-3-5-8/h1-6H,7H2,(H,15,16). The zero-order valence-corrected chi connectivity index (χ0v) is 8.30. The molecule has 82 valence electrons. The fourth-order valence-corrected chi connectivity index (χ4v) is 1.38. The molecule has 5 heteroatoms. The SMILES string of the molecule is O=C(O)c1cnn(Cc2ccccc2)c1F. The third-order valence-electron chi connectivity index (χ3n) is 2.18. The van der Waals surface area contributed by atoms with Crippen LogP contribution in [-0.2, 0) is 6.54 Å². The van der Waals surface area contributed by atoms with Crippen LogP contribution in [0.25, 0.3) is 0 Å². The van der Waals surface area contributed by atoms with E-state index in [4.69, 9.17) is 5.11 Å². The highest BCUT2D eigenvalue weighted by Gasteiger charge is 2.16. The maximum Gasteiger partial charge on any atom is 0.342 e. The van der Waals surface area contributed by atoms with Crippen molar-refractivity contribution in [1.82, 2.24) is 9.78 Å². The minimum Gasteiger partial charge on any atom is -0.477 e. The van der Waals surface area contributed by atoms with Crippen molar-refractivity contribution in [3.05, 3.63) is 53.6 Å². The molecule has 0 unspecified atom stereocenters. The Bertz CT molecular complexity index is 508. The number of hydrogen-bond acceptors (Lipinski definition) is 2. The Morgan fingerprint density at radius 1 is 1.38 bits per heavy atom. The van der Waals surface area contributed by atoms with Crippen LogP contribution >= 0.6 is 0 Å². The van der Waals surface area contributed by atoms with Gasteiger partial charge in [-0.2, -0.15) is 9.49 Å². The predicted octanol–water partition coefficient (Wildman–Crippen LogP) is 1.77. The summed E-state index contributed by atoms with van der Waals surface area (Å²) in [6.45, 7) is 0.222. The van der Waals surface area contributed by atoms with Crippen molar-refractivity contribution in [2.45, 2.75) is 6.54 Å². The maximum atomic E-state index is 13.5. The summed E-state index contributed by atoms with van der Waals surface area (Å²) in [5.74, 6) is -2.13. The van der Waals surface area contributed by atoms with Crippen LogP contribution in [-0.4, -0.2) is 20.9 Å². The second-order valence-electron chi connectivity index (χ2n) is 3.30. The minimum absolute atomic E-state index is 0.222. The van der Waals surface area contributed by atoms with Gasteiger partial charge < -0.3 is 5.11 Å². The van der Waals surface area contributed by atoms with Gasteiger partial charge >= 0.3 is 5.97 Å². The first kappa shape index (κ1) is 10.4. The highest BCUT2D eigenvalue weighted by Crippen LogP contribution is 2.09. The summed E-state index contributed by atoms with van der Waals surface area (Å²) < 4.78 is 14.5. The fraction of sp³-hybridized carbons (Fsp3) is 0.0909. The van der Waals surface area contributed by atoms with E-state index in [1.165, 1.54) is 0 Å². The first-order valence-electron chi connectivity index (χ1n) is 4.67. The number of carbonyl (C=O) groups is 1. The summed E-state index contributed by atoms with van der Waals surface area (Å²) in [6, 6.07) is 9.15. The average Bonchev–Trinajstić information content (AvgIpc) is 2.62. The molecule has 1 aromatic carbocycles. The summed E-state index contributed by atoms with van der Waals surface area (Å²) in [6.07, 6.45) is 1.01. The summed E-state index contributed by atoms with van der Waals surface area (Å²) in [5, 5.41) is 12.3. The van der Waals surface area contributed by atoms with Crippen LogP contribution < -0.4 is 0 Å². The van der Waals surface area contributed by atoms with Gasteiger partial charge in [0.25, 0.3) is 0 Å². The van der Waals surface area contributed by atoms with Crippen molar-refractivity contribution in [2.75, 3.05) is 0 Å². The van der Waals surface area contributed by atoms with E-state index in [1.807, 2.05) is 30.3 Å². The summed E-state index contributed by atoms with van der Waals surface area (Å²) >= 11 is 0. The maximum absolute atomic E-state index is 13.5. The van der Waals surface area contributed by atoms with Crippen LogP contribution in [0.5, 0.6) is 0 Å². The number of carboxylic acids is 1. The second kappa shape index (κ2) is 4.14. The molecule has 0 saturated heterocycles. The van der Waals surface area contributed by atoms with E-state index in [0.29, 0.717) is 0 Å². The first-order valence-corrected chi connectivity index (χ1v) is 4.67. The molecule has 0 aliphatic heterocycles. The van der Waals surface area contributed by atoms with E-state index < -0.39 is 17.5 Å². The van der Waals surface area contributed by atoms with Crippen LogP contribution in [0.4, 0.5) is 4.39 Å². The van der Waals surface area contributed by atoms with Crippen molar-refractivity contribution < 1.29 is 14.3 Å². The molecule has 4 nitrogen and oxygen atoms in total. The summed E-state index contributed by atoms with van der Waals surface area (Å²) in [5.41, 5.74) is 0.456. The third kappa shape index (κ3) is 1.93. The van der Waals surface area contributed by atoms with Gasteiger partial charge in [-0.1, -0.05) is 30.3 Å². The van der Waals surface area contributed by atoms with Crippen molar-refractivity contribution in [2.24, 2.45) is 0 Å². The fourth-order valence-electron chi connectivity index (χ4n) is 1.38. The van der Waals surface area contributed by atoms with Gasteiger partial charge in [0.05, 0.1) is 12.7 Å². The molecule has 0 fully saturated rings. The van der Waals surface area contributed by atoms with Crippen LogP contribution in [0.1, 0.15) is 15.9 Å². The van der Waals surface area contributed by atoms with Gasteiger partial charge in [0, 0.05) is 0 Å². The average molecular weight is 220 g/mol. The zero-order chi connectivity index (χ0) is 11.5. The zero-order valence-electron chi connectivity index (χ0n) is 8.30. The van der Waals surface area contributed by atoms with E-state index in [1.54, 1.807) is 0 Å². The number of aromatic nitrogens is 2. The lowest BCUT2D eigenvalue weighted by Gasteiger charge is -2.01. The van der Waals surface area contributed by atoms with Crippen LogP contribution in [0.15, 0.2) is 36.5 Å². The van der Waals surface area contributed by atoms with Crippen molar-refractivity contribution in [3.8, 4) is 0 Å². The molecule has 1 aromatic heterocycles. The summed E-state index contributed by atoms with van der Waals surface area (Å²) in [4.78, 5) is 10.6. The molecular weight excluding hydrogens is 211 g/mol. The van der Waals surface area contributed by atoms with Gasteiger partial charge in [-0.3, -0.25) is 0 Å². The first-order chi connectivity index (χ1) is 7.68. The molecule has 0 radical (unpaired) electrons. The molecule has 0 atom stereocenters. The van der Waals surface area contributed by atoms with Gasteiger partial charge in [0.15, 0.2) is 0 Å². The topological polar surface area (TPSA) is 55.1 Å². The van der Waals surface area contributed by atoms with Crippen molar-refractivity contribution >= 4 is 5.97 Å². The predicted molar refractivity (Wildman–Crippen MR) is 54.7 cm³/mol. The molecule has 0 aliphatic carbocycles. The number of nitrogens with zero attached hydrogens (tertiary/aromatic N) is 2. The van der Waals surface area contributed by atoms with Crippen molar-refractivity contribution in [1.29, 1.82) is 0 Å². The van der Waals surface area contributed by atoms with E-state index in [-0.39, 0.29) is 6.54 Å². The van der Waals surface area contributed by atoms with E-state index >= 15 is 0 Å². The van der Waals surface area contributed by atoms with E-state index in [0.717, 1.165) is 16.4 Å². The van der Waals surface area contributed by atoms with Crippen LogP contribution in [0.3, 0.4) is 0 Å². The Morgan fingerprint density at radius 3 is 2.62 bits per heavy atom. The molecule has 2 rings (SSSR count). The Labute approximate surface area is 90.9 Å². The molecular formula is C11H9FN2O2. The Morgan fingerprint density at radius 2 is 2.06 bits per heavy atom. The number of aromatic carboxylic acids is 1. The number of carboxylic acid groups (broad SMARTS) is 1. The minimum atomic E-state index is -1.31. The van der Waals surface area contributed by atoms with Crippen LogP contribution in [0, 0.1) is 5.95 Å². The lowest BCUT2D eigenvalue weighted by molar-refractivity contribution is 0.0691. The van der Waals surface area contributed by atoms with Gasteiger partial charge in [-0.15, -0.1) is 0 Å². The molecule has 0 amide bonds. The molecule has 0 spiro atoms. The largest absolute Gasteiger partial charge is 0.477 e. The molecule has 0 aliphatic rings. The van der Waals surface area contributed by atoms with E-state index in [2.05, 4.69) is 5.10 Å². The van der Waals surface area contributed by atoms with E-state index in [9.17, 15) is 9.18 Å². The number of rotatable bonds is 3. The lowest BCUT2D eigenvalue weighted by Crippen LogP contribution is -2.06.